The SMILES string of the molecule is CCC1(CC)c2cc(/C=C/c3ccc(N4CCCc5ccccc54)cc3)c(C)cc2-c2cc(C)c(/C=C/c3ccc(N4CCCc5ccccc54)cc3)cc21. The second kappa shape index (κ2) is 14.6. The van der Waals surface area contributed by atoms with E-state index in [4.69, 9.17) is 0 Å². The lowest BCUT2D eigenvalue weighted by atomic mass is 9.73. The molecule has 55 heavy (non-hydrogen) atoms. The van der Waals surface area contributed by atoms with Crippen molar-refractivity contribution in [2.24, 2.45) is 0 Å². The molecule has 0 saturated heterocycles. The average Bonchev–Trinajstić information content (AvgIpc) is 3.49. The van der Waals surface area contributed by atoms with Gasteiger partial charge in [0.15, 0.2) is 0 Å². The first-order chi connectivity index (χ1) is 27.0. The van der Waals surface area contributed by atoms with Crippen molar-refractivity contribution in [3.63, 3.8) is 0 Å². The zero-order chi connectivity index (χ0) is 37.5. The van der Waals surface area contributed by atoms with Gasteiger partial charge < -0.3 is 9.80 Å². The molecule has 6 aromatic rings. The van der Waals surface area contributed by atoms with E-state index in [9.17, 15) is 0 Å². The van der Waals surface area contributed by atoms with Crippen LogP contribution in [0, 0.1) is 13.8 Å². The Hall–Kier alpha value is -5.60. The van der Waals surface area contributed by atoms with E-state index in [2.05, 4.69) is 183 Å². The van der Waals surface area contributed by atoms with Crippen molar-refractivity contribution in [2.75, 3.05) is 22.9 Å². The van der Waals surface area contributed by atoms with Gasteiger partial charge >= 0.3 is 0 Å². The number of benzene rings is 6. The third-order valence-corrected chi connectivity index (χ3v) is 12.9. The van der Waals surface area contributed by atoms with Gasteiger partial charge in [-0.05, 0) is 168 Å². The van der Waals surface area contributed by atoms with E-state index in [-0.39, 0.29) is 5.41 Å². The molecule has 6 aromatic carbocycles. The summed E-state index contributed by atoms with van der Waals surface area (Å²) in [6.45, 7) is 11.4. The van der Waals surface area contributed by atoms with Crippen LogP contribution in [0.25, 0.3) is 35.4 Å². The van der Waals surface area contributed by atoms with Crippen molar-refractivity contribution >= 4 is 47.1 Å². The minimum absolute atomic E-state index is 0.00396. The second-order valence-corrected chi connectivity index (χ2v) is 15.9. The van der Waals surface area contributed by atoms with Gasteiger partial charge in [-0.2, -0.15) is 0 Å². The highest BCUT2D eigenvalue weighted by molar-refractivity contribution is 5.87. The lowest BCUT2D eigenvalue weighted by Gasteiger charge is -2.31. The Bertz CT molecular complexity index is 2260. The summed E-state index contributed by atoms with van der Waals surface area (Å²) >= 11 is 0. The standard InChI is InChI=1S/C53H52N2/c1-5-53(6-2)49-35-43(25-19-39-21-27-45(28-22-39)54-31-11-15-41-13-7-9-17-51(41)54)37(3)33-47(49)48-34-38(4)44(36-50(48)53)26-20-40-23-29-46(30-24-40)55-32-12-16-42-14-8-10-18-52(42)55/h7-10,13-14,17-30,33-36H,5-6,11-12,15-16,31-32H2,1-4H3/b25-19+,26-20+. The van der Waals surface area contributed by atoms with Crippen LogP contribution in [-0.4, -0.2) is 13.1 Å². The molecular weight excluding hydrogens is 665 g/mol. The van der Waals surface area contributed by atoms with Crippen LogP contribution in [0.5, 0.6) is 0 Å². The number of aryl methyl sites for hydroxylation is 4. The fourth-order valence-corrected chi connectivity index (χ4v) is 9.71. The predicted octanol–water partition coefficient (Wildman–Crippen LogP) is 13.9. The molecule has 0 spiro atoms. The Labute approximate surface area is 328 Å². The van der Waals surface area contributed by atoms with Crippen molar-refractivity contribution in [3.05, 3.63) is 177 Å². The summed E-state index contributed by atoms with van der Waals surface area (Å²) in [7, 11) is 0. The quantitative estimate of drug-likeness (QED) is 0.145. The van der Waals surface area contributed by atoms with Crippen molar-refractivity contribution < 1.29 is 0 Å². The van der Waals surface area contributed by atoms with Gasteiger partial charge in [0, 0.05) is 41.3 Å². The number of nitrogens with zero attached hydrogens (tertiary/aromatic N) is 2. The van der Waals surface area contributed by atoms with Crippen LogP contribution < -0.4 is 9.80 Å². The normalized spacial score (nSPS) is 15.6. The van der Waals surface area contributed by atoms with Crippen LogP contribution in [0.1, 0.15) is 95.2 Å². The van der Waals surface area contributed by atoms with E-state index in [1.165, 1.54) is 115 Å². The van der Waals surface area contributed by atoms with E-state index in [1.807, 2.05) is 0 Å². The van der Waals surface area contributed by atoms with Crippen LogP contribution in [0.3, 0.4) is 0 Å². The molecule has 9 rings (SSSR count). The molecule has 0 amide bonds. The minimum Gasteiger partial charge on any atom is -0.341 e. The van der Waals surface area contributed by atoms with Crippen LogP contribution >= 0.6 is 0 Å². The van der Waals surface area contributed by atoms with Crippen LogP contribution in [0.4, 0.5) is 22.7 Å². The summed E-state index contributed by atoms with van der Waals surface area (Å²) in [5.74, 6) is 0. The van der Waals surface area contributed by atoms with Gasteiger partial charge in [0.25, 0.3) is 0 Å². The number of rotatable bonds is 8. The highest BCUT2D eigenvalue weighted by atomic mass is 15.1. The lowest BCUT2D eigenvalue weighted by molar-refractivity contribution is 0.490. The zero-order valence-corrected chi connectivity index (χ0v) is 32.9. The number of para-hydroxylation sites is 2. The Morgan fingerprint density at radius 2 is 0.927 bits per heavy atom. The first-order valence-corrected chi connectivity index (χ1v) is 20.5. The molecule has 0 aromatic heterocycles. The van der Waals surface area contributed by atoms with Crippen LogP contribution in [-0.2, 0) is 18.3 Å². The Morgan fingerprint density at radius 3 is 1.35 bits per heavy atom. The number of hydrogen-bond donors (Lipinski definition) is 0. The van der Waals surface area contributed by atoms with E-state index >= 15 is 0 Å². The third-order valence-electron chi connectivity index (χ3n) is 12.9. The summed E-state index contributed by atoms with van der Waals surface area (Å²) in [4.78, 5) is 4.94. The van der Waals surface area contributed by atoms with Gasteiger partial charge in [-0.25, -0.2) is 0 Å². The summed E-state index contributed by atoms with van der Waals surface area (Å²) in [5, 5.41) is 0. The number of anilines is 4. The molecule has 2 nitrogen and oxygen atoms in total. The fourth-order valence-electron chi connectivity index (χ4n) is 9.71. The maximum atomic E-state index is 2.50. The van der Waals surface area contributed by atoms with E-state index in [1.54, 1.807) is 0 Å². The Morgan fingerprint density at radius 1 is 0.509 bits per heavy atom. The van der Waals surface area contributed by atoms with E-state index in [0.29, 0.717) is 0 Å². The van der Waals surface area contributed by atoms with Gasteiger partial charge in [-0.15, -0.1) is 0 Å². The van der Waals surface area contributed by atoms with Crippen molar-refractivity contribution in [1.82, 2.24) is 0 Å². The van der Waals surface area contributed by atoms with E-state index in [0.717, 1.165) is 25.9 Å². The molecular formula is C53H52N2. The molecule has 0 bridgehead atoms. The summed E-state index contributed by atoms with van der Waals surface area (Å²) in [5.41, 5.74) is 21.6. The molecule has 0 saturated carbocycles. The summed E-state index contributed by atoms with van der Waals surface area (Å²) in [6.07, 6.45) is 16.1. The zero-order valence-electron chi connectivity index (χ0n) is 32.9. The molecule has 0 unspecified atom stereocenters. The largest absolute Gasteiger partial charge is 0.341 e. The molecule has 274 valence electrons. The highest BCUT2D eigenvalue weighted by Crippen LogP contribution is 2.54. The maximum absolute atomic E-state index is 2.50. The molecule has 2 heterocycles. The Kier molecular flexibility index (Phi) is 9.30. The lowest BCUT2D eigenvalue weighted by Crippen LogP contribution is -2.24. The average molecular weight is 717 g/mol. The van der Waals surface area contributed by atoms with Gasteiger partial charge in [0.2, 0.25) is 0 Å². The topological polar surface area (TPSA) is 6.48 Å². The summed E-state index contributed by atoms with van der Waals surface area (Å²) < 4.78 is 0. The Balaban J connectivity index is 0.967. The van der Waals surface area contributed by atoms with Crippen molar-refractivity contribution in [3.8, 4) is 11.1 Å². The molecule has 0 fully saturated rings. The highest BCUT2D eigenvalue weighted by Gasteiger charge is 2.41. The van der Waals surface area contributed by atoms with Gasteiger partial charge in [0.1, 0.15) is 0 Å². The number of hydrogen-bond acceptors (Lipinski definition) is 2. The monoisotopic (exact) mass is 716 g/mol. The molecule has 3 aliphatic rings. The molecule has 2 heteroatoms. The first kappa shape index (κ1) is 35.1. The smallest absolute Gasteiger partial charge is 0.0443 e. The number of fused-ring (bicyclic) bond motifs is 5. The first-order valence-electron chi connectivity index (χ1n) is 20.5. The molecule has 2 aliphatic heterocycles. The fraction of sp³-hybridized carbons (Fsp3) is 0.245. The predicted molar refractivity (Wildman–Crippen MR) is 237 cm³/mol. The van der Waals surface area contributed by atoms with Crippen LogP contribution in [0.2, 0.25) is 0 Å². The molecule has 1 aliphatic carbocycles. The summed E-state index contributed by atoms with van der Waals surface area (Å²) in [6, 6.07) is 45.8. The minimum atomic E-state index is -0.00396. The van der Waals surface area contributed by atoms with Crippen molar-refractivity contribution in [2.45, 2.75) is 71.6 Å². The third kappa shape index (κ3) is 6.32. The van der Waals surface area contributed by atoms with Crippen LogP contribution in [0.15, 0.2) is 121 Å². The molecule has 0 radical (unpaired) electrons. The second-order valence-electron chi connectivity index (χ2n) is 15.9. The maximum Gasteiger partial charge on any atom is 0.0443 e. The van der Waals surface area contributed by atoms with Gasteiger partial charge in [-0.3, -0.25) is 0 Å². The van der Waals surface area contributed by atoms with E-state index < -0.39 is 0 Å². The van der Waals surface area contributed by atoms with Gasteiger partial charge in [0.05, 0.1) is 0 Å². The molecule has 0 atom stereocenters. The molecule has 0 N–H and O–H groups in total. The van der Waals surface area contributed by atoms with Crippen molar-refractivity contribution in [1.29, 1.82) is 0 Å². The van der Waals surface area contributed by atoms with Gasteiger partial charge in [-0.1, -0.05) is 111 Å².